The first-order chi connectivity index (χ1) is 6.22. The van der Waals surface area contributed by atoms with Gasteiger partial charge in [-0.05, 0) is 18.7 Å². The highest BCUT2D eigenvalue weighted by Gasteiger charge is 2.00. The number of nitrogens with zero attached hydrogens (tertiary/aromatic N) is 2. The number of pyridine rings is 1. The van der Waals surface area contributed by atoms with Crippen LogP contribution < -0.4 is 0 Å². The highest BCUT2D eigenvalue weighted by atomic mass is 79.9. The average Bonchev–Trinajstić information content (AvgIpc) is 2.04. The summed E-state index contributed by atoms with van der Waals surface area (Å²) in [5.74, 6) is -0.273. The van der Waals surface area contributed by atoms with E-state index in [0.29, 0.717) is 0 Å². The van der Waals surface area contributed by atoms with Gasteiger partial charge in [0.25, 0.3) is 0 Å². The van der Waals surface area contributed by atoms with Crippen LogP contribution in [0.2, 0.25) is 0 Å². The number of aromatic nitrogens is 1. The molecule has 0 radical (unpaired) electrons. The lowest BCUT2D eigenvalue weighted by Gasteiger charge is -2.14. The van der Waals surface area contributed by atoms with E-state index in [4.69, 9.17) is 0 Å². The van der Waals surface area contributed by atoms with E-state index in [1.807, 2.05) is 7.05 Å². The van der Waals surface area contributed by atoms with Crippen molar-refractivity contribution in [2.75, 3.05) is 18.9 Å². The van der Waals surface area contributed by atoms with Crippen molar-refractivity contribution in [3.8, 4) is 0 Å². The lowest BCUT2D eigenvalue weighted by Crippen LogP contribution is -2.20. The maximum Gasteiger partial charge on any atom is 0.141 e. The molecule has 2 nitrogen and oxygen atoms in total. The second-order valence-electron chi connectivity index (χ2n) is 2.94. The number of hydrogen-bond acceptors (Lipinski definition) is 2. The first-order valence-corrected chi connectivity index (χ1v) is 5.18. The molecule has 0 saturated heterocycles. The molecule has 1 rings (SSSR count). The van der Waals surface area contributed by atoms with E-state index in [9.17, 15) is 4.39 Å². The molecule has 0 saturated carbocycles. The van der Waals surface area contributed by atoms with Crippen LogP contribution in [0.3, 0.4) is 0 Å². The van der Waals surface area contributed by atoms with Gasteiger partial charge in [0.15, 0.2) is 0 Å². The molecule has 0 aliphatic heterocycles. The van der Waals surface area contributed by atoms with Gasteiger partial charge >= 0.3 is 0 Å². The van der Waals surface area contributed by atoms with Gasteiger partial charge in [0.1, 0.15) is 5.82 Å². The molecule has 0 bridgehead atoms. The van der Waals surface area contributed by atoms with Crippen molar-refractivity contribution < 1.29 is 4.39 Å². The summed E-state index contributed by atoms with van der Waals surface area (Å²) in [4.78, 5) is 5.89. The van der Waals surface area contributed by atoms with Gasteiger partial charge in [-0.15, -0.1) is 0 Å². The molecule has 0 fully saturated rings. The fourth-order valence-corrected chi connectivity index (χ4v) is 1.68. The normalized spacial score (nSPS) is 10.8. The smallest absolute Gasteiger partial charge is 0.141 e. The van der Waals surface area contributed by atoms with Crippen LogP contribution in [-0.2, 0) is 6.54 Å². The molecule has 13 heavy (non-hydrogen) atoms. The molecule has 0 atom stereocenters. The molecule has 1 aromatic heterocycles. The van der Waals surface area contributed by atoms with Crippen LogP contribution in [0.1, 0.15) is 5.56 Å². The Morgan fingerprint density at radius 2 is 2.31 bits per heavy atom. The summed E-state index contributed by atoms with van der Waals surface area (Å²) in [5, 5.41) is 0.923. The van der Waals surface area contributed by atoms with Crippen LogP contribution >= 0.6 is 15.9 Å². The first kappa shape index (κ1) is 10.6. The molecule has 0 unspecified atom stereocenters. The molecule has 0 amide bonds. The van der Waals surface area contributed by atoms with E-state index in [2.05, 4.69) is 25.8 Å². The number of hydrogen-bond donors (Lipinski definition) is 0. The van der Waals surface area contributed by atoms with Gasteiger partial charge < -0.3 is 4.90 Å². The third kappa shape index (κ3) is 3.83. The van der Waals surface area contributed by atoms with Gasteiger partial charge in [-0.1, -0.05) is 15.9 Å². The number of halogens is 2. The molecule has 0 spiro atoms. The summed E-state index contributed by atoms with van der Waals surface area (Å²) in [7, 11) is 1.99. The Morgan fingerprint density at radius 3 is 2.92 bits per heavy atom. The minimum Gasteiger partial charge on any atom is -0.301 e. The fourth-order valence-electron chi connectivity index (χ4n) is 1.08. The lowest BCUT2D eigenvalue weighted by atomic mass is 10.2. The Balaban J connectivity index is 2.53. The Kier molecular flexibility index (Phi) is 4.32. The molecule has 0 N–H and O–H groups in total. The Morgan fingerprint density at radius 1 is 1.54 bits per heavy atom. The quantitative estimate of drug-likeness (QED) is 0.757. The van der Waals surface area contributed by atoms with E-state index >= 15 is 0 Å². The topological polar surface area (TPSA) is 16.1 Å². The third-order valence-electron chi connectivity index (χ3n) is 1.68. The monoisotopic (exact) mass is 246 g/mol. The Hall–Kier alpha value is -0.480. The van der Waals surface area contributed by atoms with E-state index in [1.165, 1.54) is 12.3 Å². The number of rotatable bonds is 4. The molecule has 0 aliphatic carbocycles. The zero-order valence-electron chi connectivity index (χ0n) is 7.50. The van der Waals surface area contributed by atoms with Crippen LogP contribution in [0.15, 0.2) is 18.5 Å². The van der Waals surface area contributed by atoms with E-state index in [0.717, 1.165) is 24.0 Å². The second kappa shape index (κ2) is 5.29. The summed E-state index contributed by atoms with van der Waals surface area (Å²) in [6.45, 7) is 1.67. The van der Waals surface area contributed by atoms with Crippen LogP contribution in [0.25, 0.3) is 0 Å². The molecule has 4 heteroatoms. The van der Waals surface area contributed by atoms with Gasteiger partial charge in [-0.2, -0.15) is 0 Å². The van der Waals surface area contributed by atoms with Gasteiger partial charge in [-0.3, -0.25) is 4.98 Å². The molecule has 72 valence electrons. The maximum absolute atomic E-state index is 12.7. The van der Waals surface area contributed by atoms with Gasteiger partial charge in [0.05, 0.1) is 6.20 Å². The number of alkyl halides is 1. The Bertz CT molecular complexity index is 268. The highest BCUT2D eigenvalue weighted by Crippen LogP contribution is 2.03. The molecule has 1 heterocycles. The largest absolute Gasteiger partial charge is 0.301 e. The predicted molar refractivity (Wildman–Crippen MR) is 54.3 cm³/mol. The molecule has 0 aromatic carbocycles. The maximum atomic E-state index is 12.7. The molecule has 1 aromatic rings. The van der Waals surface area contributed by atoms with Gasteiger partial charge in [-0.25, -0.2) is 4.39 Å². The van der Waals surface area contributed by atoms with E-state index in [-0.39, 0.29) is 5.82 Å². The van der Waals surface area contributed by atoms with Gasteiger partial charge in [0.2, 0.25) is 0 Å². The van der Waals surface area contributed by atoms with E-state index < -0.39 is 0 Å². The average molecular weight is 247 g/mol. The highest BCUT2D eigenvalue weighted by molar-refractivity contribution is 9.09. The van der Waals surface area contributed by atoms with Crippen molar-refractivity contribution in [1.82, 2.24) is 9.88 Å². The standard InChI is InChI=1S/C9H12BrFN2/c1-13(3-2-10)7-8-4-9(11)6-12-5-8/h4-6H,2-3,7H2,1H3. The fraction of sp³-hybridized carbons (Fsp3) is 0.444. The van der Waals surface area contributed by atoms with Crippen LogP contribution in [0.4, 0.5) is 4.39 Å². The third-order valence-corrected chi connectivity index (χ3v) is 2.03. The van der Waals surface area contributed by atoms with Gasteiger partial charge in [0, 0.05) is 24.6 Å². The summed E-state index contributed by atoms with van der Waals surface area (Å²) in [6.07, 6.45) is 2.90. The summed E-state index contributed by atoms with van der Waals surface area (Å²) >= 11 is 3.35. The van der Waals surface area contributed by atoms with Crippen LogP contribution in [0, 0.1) is 5.82 Å². The molecular weight excluding hydrogens is 235 g/mol. The van der Waals surface area contributed by atoms with Crippen molar-refractivity contribution in [2.24, 2.45) is 0 Å². The minimum atomic E-state index is -0.273. The van der Waals surface area contributed by atoms with Crippen molar-refractivity contribution in [3.63, 3.8) is 0 Å². The van der Waals surface area contributed by atoms with Crippen LogP contribution in [0.5, 0.6) is 0 Å². The zero-order chi connectivity index (χ0) is 9.68. The summed E-state index contributed by atoms with van der Waals surface area (Å²) in [5.41, 5.74) is 0.906. The molecular formula is C9H12BrFN2. The first-order valence-electron chi connectivity index (χ1n) is 4.06. The summed E-state index contributed by atoms with van der Waals surface area (Å²) in [6, 6.07) is 1.51. The SMILES string of the molecule is CN(CCBr)Cc1cncc(F)c1. The predicted octanol–water partition coefficient (Wildman–Crippen LogP) is 2.05. The van der Waals surface area contributed by atoms with E-state index in [1.54, 1.807) is 6.20 Å². The van der Waals surface area contributed by atoms with Crippen molar-refractivity contribution >= 4 is 15.9 Å². The zero-order valence-corrected chi connectivity index (χ0v) is 9.09. The van der Waals surface area contributed by atoms with Crippen LogP contribution in [-0.4, -0.2) is 28.8 Å². The van der Waals surface area contributed by atoms with Crippen molar-refractivity contribution in [3.05, 3.63) is 29.8 Å². The Labute approximate surface area is 85.9 Å². The minimum absolute atomic E-state index is 0.273. The van der Waals surface area contributed by atoms with Crippen molar-refractivity contribution in [1.29, 1.82) is 0 Å². The molecule has 0 aliphatic rings. The second-order valence-corrected chi connectivity index (χ2v) is 3.73. The summed E-state index contributed by atoms with van der Waals surface area (Å²) < 4.78 is 12.7. The lowest BCUT2D eigenvalue weighted by molar-refractivity contribution is 0.348. The van der Waals surface area contributed by atoms with Crippen molar-refractivity contribution in [2.45, 2.75) is 6.54 Å².